The lowest BCUT2D eigenvalue weighted by molar-refractivity contribution is -0.385. The van der Waals surface area contributed by atoms with E-state index in [1.165, 1.54) is 0 Å². The van der Waals surface area contributed by atoms with Crippen molar-refractivity contribution in [1.82, 2.24) is 4.98 Å². The van der Waals surface area contributed by atoms with Gasteiger partial charge in [-0.15, -0.1) is 0 Å². The first-order valence-corrected chi connectivity index (χ1v) is 5.39. The lowest BCUT2D eigenvalue weighted by atomic mass is 10.2. The molecule has 1 aliphatic carbocycles. The van der Waals surface area contributed by atoms with E-state index in [2.05, 4.69) is 10.3 Å². The van der Waals surface area contributed by atoms with E-state index in [0.717, 1.165) is 6.07 Å². The minimum Gasteiger partial charge on any atom is -0.477 e. The van der Waals surface area contributed by atoms with E-state index >= 15 is 0 Å². The summed E-state index contributed by atoms with van der Waals surface area (Å²) in [6.45, 7) is 0. The predicted octanol–water partition coefficient (Wildman–Crippen LogP) is 2.19. The standard InChI is InChI=1S/C10H8F3N3O4/c11-10(12,13)9(1-2-9)15-7-3-5(8(17)18)6(4-14-7)16(19)20/h3-4H,1-2H2,(H,14,15)(H,17,18). The molecule has 1 saturated carbocycles. The van der Waals surface area contributed by atoms with Crippen LogP contribution in [0.2, 0.25) is 0 Å². The van der Waals surface area contributed by atoms with Crippen LogP contribution in [-0.2, 0) is 0 Å². The van der Waals surface area contributed by atoms with Crippen molar-refractivity contribution in [3.8, 4) is 0 Å². The number of aromatic carboxylic acids is 1. The monoisotopic (exact) mass is 291 g/mol. The average Bonchev–Trinajstić information content (AvgIpc) is 3.08. The van der Waals surface area contributed by atoms with Gasteiger partial charge in [-0.05, 0) is 12.8 Å². The van der Waals surface area contributed by atoms with Crippen molar-refractivity contribution in [2.75, 3.05) is 5.32 Å². The number of halogens is 3. The second kappa shape index (κ2) is 4.32. The molecule has 2 N–H and O–H groups in total. The number of rotatable bonds is 4. The zero-order valence-corrected chi connectivity index (χ0v) is 9.77. The molecule has 0 aliphatic heterocycles. The highest BCUT2D eigenvalue weighted by molar-refractivity contribution is 5.93. The quantitative estimate of drug-likeness (QED) is 0.650. The Morgan fingerprint density at radius 3 is 2.50 bits per heavy atom. The Labute approximate surface area is 109 Å². The minimum atomic E-state index is -4.50. The Kier molecular flexibility index (Phi) is 3.03. The molecule has 10 heteroatoms. The van der Waals surface area contributed by atoms with Crippen LogP contribution in [0.4, 0.5) is 24.7 Å². The summed E-state index contributed by atoms with van der Waals surface area (Å²) >= 11 is 0. The third kappa shape index (κ3) is 2.36. The maximum absolute atomic E-state index is 12.7. The second-order valence-electron chi connectivity index (χ2n) is 4.35. The molecular weight excluding hydrogens is 283 g/mol. The molecule has 0 radical (unpaired) electrons. The molecule has 1 heterocycles. The van der Waals surface area contributed by atoms with Crippen LogP contribution in [0.15, 0.2) is 12.3 Å². The molecule has 0 aromatic carbocycles. The Morgan fingerprint density at radius 1 is 1.50 bits per heavy atom. The molecule has 0 amide bonds. The molecule has 0 unspecified atom stereocenters. The van der Waals surface area contributed by atoms with Crippen molar-refractivity contribution in [2.45, 2.75) is 24.6 Å². The minimum absolute atomic E-state index is 0.155. The molecule has 0 atom stereocenters. The fourth-order valence-corrected chi connectivity index (χ4v) is 1.68. The summed E-state index contributed by atoms with van der Waals surface area (Å²) in [5, 5.41) is 21.5. The van der Waals surface area contributed by atoms with E-state index in [1.807, 2.05) is 0 Å². The van der Waals surface area contributed by atoms with Crippen LogP contribution in [0.5, 0.6) is 0 Å². The van der Waals surface area contributed by atoms with E-state index in [4.69, 9.17) is 5.11 Å². The molecular formula is C10H8F3N3O4. The van der Waals surface area contributed by atoms with Crippen LogP contribution in [0.3, 0.4) is 0 Å². The Bertz CT molecular complexity index is 584. The number of nitrogens with zero attached hydrogens (tertiary/aromatic N) is 2. The van der Waals surface area contributed by atoms with Crippen LogP contribution < -0.4 is 5.32 Å². The summed E-state index contributed by atoms with van der Waals surface area (Å²) in [5.74, 6) is -1.97. The molecule has 1 aliphatic rings. The number of aromatic nitrogens is 1. The molecule has 0 bridgehead atoms. The van der Waals surface area contributed by atoms with E-state index in [-0.39, 0.29) is 18.7 Å². The number of anilines is 1. The number of carbonyl (C=O) groups is 1. The van der Waals surface area contributed by atoms with Gasteiger partial charge in [-0.1, -0.05) is 0 Å². The fraction of sp³-hybridized carbons (Fsp3) is 0.400. The Balaban J connectivity index is 2.34. The van der Waals surface area contributed by atoms with Gasteiger partial charge in [-0.2, -0.15) is 13.2 Å². The zero-order chi connectivity index (χ0) is 15.1. The second-order valence-corrected chi connectivity index (χ2v) is 4.35. The average molecular weight is 291 g/mol. The number of carboxylic acid groups (broad SMARTS) is 1. The van der Waals surface area contributed by atoms with Crippen molar-refractivity contribution in [3.05, 3.63) is 27.9 Å². The smallest absolute Gasteiger partial charge is 0.411 e. The van der Waals surface area contributed by atoms with Gasteiger partial charge in [0.2, 0.25) is 0 Å². The van der Waals surface area contributed by atoms with Crippen LogP contribution in [0.25, 0.3) is 0 Å². The predicted molar refractivity (Wildman–Crippen MR) is 59.5 cm³/mol. The van der Waals surface area contributed by atoms with Crippen LogP contribution in [0.1, 0.15) is 23.2 Å². The summed E-state index contributed by atoms with van der Waals surface area (Å²) in [7, 11) is 0. The van der Waals surface area contributed by atoms with Gasteiger partial charge >= 0.3 is 17.8 Å². The number of alkyl halides is 3. The highest BCUT2D eigenvalue weighted by Gasteiger charge is 2.63. The largest absolute Gasteiger partial charge is 0.477 e. The summed E-state index contributed by atoms with van der Waals surface area (Å²) in [6.07, 6.45) is -4.19. The first-order valence-electron chi connectivity index (χ1n) is 5.39. The van der Waals surface area contributed by atoms with Crippen molar-refractivity contribution >= 4 is 17.5 Å². The number of hydrogen-bond donors (Lipinski definition) is 2. The van der Waals surface area contributed by atoms with Gasteiger partial charge in [-0.3, -0.25) is 10.1 Å². The van der Waals surface area contributed by atoms with Crippen LogP contribution >= 0.6 is 0 Å². The lowest BCUT2D eigenvalue weighted by Gasteiger charge is -2.21. The third-order valence-electron chi connectivity index (χ3n) is 2.97. The number of carboxylic acids is 1. The molecule has 108 valence electrons. The summed E-state index contributed by atoms with van der Waals surface area (Å²) in [4.78, 5) is 24.0. The van der Waals surface area contributed by atoms with E-state index < -0.39 is 33.9 Å². The van der Waals surface area contributed by atoms with Crippen LogP contribution in [-0.4, -0.2) is 32.7 Å². The molecule has 1 fully saturated rings. The molecule has 20 heavy (non-hydrogen) atoms. The van der Waals surface area contributed by atoms with Crippen LogP contribution in [0, 0.1) is 10.1 Å². The summed E-state index contributed by atoms with van der Waals surface area (Å²) in [6, 6.07) is 0.728. The van der Waals surface area contributed by atoms with E-state index in [9.17, 15) is 28.1 Å². The highest BCUT2D eigenvalue weighted by Crippen LogP contribution is 2.51. The highest BCUT2D eigenvalue weighted by atomic mass is 19.4. The van der Waals surface area contributed by atoms with Gasteiger partial charge in [0.15, 0.2) is 0 Å². The van der Waals surface area contributed by atoms with Gasteiger partial charge in [0, 0.05) is 6.07 Å². The Morgan fingerprint density at radius 2 is 2.10 bits per heavy atom. The van der Waals surface area contributed by atoms with Crippen molar-refractivity contribution < 1.29 is 28.0 Å². The van der Waals surface area contributed by atoms with E-state index in [0.29, 0.717) is 6.20 Å². The zero-order valence-electron chi connectivity index (χ0n) is 9.77. The number of hydrogen-bond acceptors (Lipinski definition) is 5. The fourth-order valence-electron chi connectivity index (χ4n) is 1.68. The molecule has 1 aromatic heterocycles. The number of nitrogens with one attached hydrogen (secondary N) is 1. The summed E-state index contributed by atoms with van der Waals surface area (Å²) in [5.41, 5.74) is -3.61. The first kappa shape index (κ1) is 14.0. The maximum Gasteiger partial charge on any atom is 0.411 e. The number of nitro groups is 1. The first-order chi connectivity index (χ1) is 9.16. The normalized spacial score (nSPS) is 16.6. The lowest BCUT2D eigenvalue weighted by Crippen LogP contribution is -2.39. The number of pyridine rings is 1. The van der Waals surface area contributed by atoms with Gasteiger partial charge in [0.05, 0.1) is 4.92 Å². The van der Waals surface area contributed by atoms with Gasteiger partial charge in [0.1, 0.15) is 23.1 Å². The molecule has 0 saturated heterocycles. The van der Waals surface area contributed by atoms with Crippen molar-refractivity contribution in [2.24, 2.45) is 0 Å². The topological polar surface area (TPSA) is 105 Å². The van der Waals surface area contributed by atoms with E-state index in [1.54, 1.807) is 0 Å². The van der Waals surface area contributed by atoms with Gasteiger partial charge < -0.3 is 10.4 Å². The Hall–Kier alpha value is -2.39. The molecule has 7 nitrogen and oxygen atoms in total. The SMILES string of the molecule is O=C(O)c1cc(NC2(C(F)(F)F)CC2)ncc1[N+](=O)[O-]. The maximum atomic E-state index is 12.7. The molecule has 1 aromatic rings. The van der Waals surface area contributed by atoms with Crippen molar-refractivity contribution in [3.63, 3.8) is 0 Å². The van der Waals surface area contributed by atoms with Gasteiger partial charge in [-0.25, -0.2) is 9.78 Å². The summed E-state index contributed by atoms with van der Waals surface area (Å²) < 4.78 is 38.2. The molecule has 2 rings (SSSR count). The van der Waals surface area contributed by atoms with Crippen molar-refractivity contribution in [1.29, 1.82) is 0 Å². The third-order valence-corrected chi connectivity index (χ3v) is 2.97. The van der Waals surface area contributed by atoms with Gasteiger partial charge in [0.25, 0.3) is 0 Å². The molecule has 0 spiro atoms.